The van der Waals surface area contributed by atoms with Crippen LogP contribution in [0.3, 0.4) is 0 Å². The third kappa shape index (κ3) is 3.39. The maximum atomic E-state index is 9.61. The van der Waals surface area contributed by atoms with Crippen molar-refractivity contribution in [3.63, 3.8) is 0 Å². The number of aliphatic hydroxyl groups excluding tert-OH is 1. The molecule has 0 aromatic carbocycles. The summed E-state index contributed by atoms with van der Waals surface area (Å²) in [7, 11) is 0. The van der Waals surface area contributed by atoms with Crippen molar-refractivity contribution < 1.29 is 9.84 Å². The average molecular weight is 313 g/mol. The molecular formula is C14H21ClN4O2. The van der Waals surface area contributed by atoms with Crippen LogP contribution in [0.1, 0.15) is 19.8 Å². The SMILES string of the molecule is C[C@H]1COCCN1c1nc(Cl)cc(N2CCC(O)CC2)n1. The van der Waals surface area contributed by atoms with E-state index in [0.717, 1.165) is 38.3 Å². The molecule has 0 aliphatic carbocycles. The van der Waals surface area contributed by atoms with Gasteiger partial charge in [-0.25, -0.2) is 4.98 Å². The van der Waals surface area contributed by atoms with Crippen molar-refractivity contribution in [2.75, 3.05) is 42.6 Å². The molecule has 2 aliphatic heterocycles. The second-order valence-electron chi connectivity index (χ2n) is 5.68. The highest BCUT2D eigenvalue weighted by Gasteiger charge is 2.24. The Hall–Kier alpha value is -1.11. The lowest BCUT2D eigenvalue weighted by atomic mass is 10.1. The molecule has 0 saturated carbocycles. The van der Waals surface area contributed by atoms with E-state index in [1.807, 2.05) is 0 Å². The Morgan fingerprint density at radius 2 is 2.05 bits per heavy atom. The lowest BCUT2D eigenvalue weighted by Gasteiger charge is -2.35. The van der Waals surface area contributed by atoms with E-state index >= 15 is 0 Å². The molecule has 1 aromatic heterocycles. The maximum Gasteiger partial charge on any atom is 0.229 e. The van der Waals surface area contributed by atoms with Gasteiger partial charge in [0.25, 0.3) is 0 Å². The highest BCUT2D eigenvalue weighted by Crippen LogP contribution is 2.25. The van der Waals surface area contributed by atoms with Crippen LogP contribution in [0.5, 0.6) is 0 Å². The van der Waals surface area contributed by atoms with E-state index in [1.165, 1.54) is 0 Å². The van der Waals surface area contributed by atoms with Gasteiger partial charge in [0.1, 0.15) is 11.0 Å². The first-order valence-corrected chi connectivity index (χ1v) is 7.83. The van der Waals surface area contributed by atoms with Crippen LogP contribution in [0.15, 0.2) is 6.07 Å². The monoisotopic (exact) mass is 312 g/mol. The standard InChI is InChI=1S/C14H21ClN4O2/c1-10-9-21-7-6-19(10)14-16-12(15)8-13(17-14)18-4-2-11(20)3-5-18/h8,10-11,20H,2-7,9H2,1H3/t10-/m0/s1. The van der Waals surface area contributed by atoms with Gasteiger partial charge in [0.05, 0.1) is 25.4 Å². The Kier molecular flexibility index (Phi) is 4.47. The first-order chi connectivity index (χ1) is 10.1. The molecule has 1 aromatic rings. The number of ether oxygens (including phenoxy) is 1. The largest absolute Gasteiger partial charge is 0.393 e. The number of aromatic nitrogens is 2. The molecule has 1 atom stereocenters. The van der Waals surface area contributed by atoms with E-state index < -0.39 is 0 Å². The number of halogens is 1. The van der Waals surface area contributed by atoms with E-state index in [0.29, 0.717) is 24.3 Å². The fourth-order valence-corrected chi connectivity index (χ4v) is 2.98. The molecular weight excluding hydrogens is 292 g/mol. The number of rotatable bonds is 2. The van der Waals surface area contributed by atoms with Crippen LogP contribution < -0.4 is 9.80 Å². The number of piperidine rings is 1. The van der Waals surface area contributed by atoms with E-state index in [1.54, 1.807) is 6.07 Å². The summed E-state index contributed by atoms with van der Waals surface area (Å²) in [5.74, 6) is 1.51. The second-order valence-corrected chi connectivity index (χ2v) is 6.07. The third-order valence-electron chi connectivity index (χ3n) is 4.08. The number of anilines is 2. The molecule has 2 aliphatic rings. The molecule has 0 bridgehead atoms. The van der Waals surface area contributed by atoms with Crippen molar-refractivity contribution in [3.05, 3.63) is 11.2 Å². The lowest BCUT2D eigenvalue weighted by Crippen LogP contribution is -2.45. The fourth-order valence-electron chi connectivity index (χ4n) is 2.80. The molecule has 21 heavy (non-hydrogen) atoms. The zero-order valence-corrected chi connectivity index (χ0v) is 13.0. The zero-order valence-electron chi connectivity index (χ0n) is 12.2. The summed E-state index contributed by atoms with van der Waals surface area (Å²) in [5.41, 5.74) is 0. The van der Waals surface area contributed by atoms with Crippen molar-refractivity contribution in [1.82, 2.24) is 9.97 Å². The normalized spacial score (nSPS) is 24.4. The number of morpholine rings is 1. The maximum absolute atomic E-state index is 9.61. The predicted molar refractivity (Wildman–Crippen MR) is 82.1 cm³/mol. The van der Waals surface area contributed by atoms with E-state index in [4.69, 9.17) is 16.3 Å². The molecule has 0 radical (unpaired) electrons. The van der Waals surface area contributed by atoms with E-state index in [2.05, 4.69) is 26.7 Å². The summed E-state index contributed by atoms with van der Waals surface area (Å²) in [5, 5.41) is 10.1. The minimum atomic E-state index is -0.197. The summed E-state index contributed by atoms with van der Waals surface area (Å²) >= 11 is 6.18. The summed E-state index contributed by atoms with van der Waals surface area (Å²) in [6, 6.07) is 2.04. The van der Waals surface area contributed by atoms with Gasteiger partial charge in [-0.3, -0.25) is 0 Å². The van der Waals surface area contributed by atoms with Gasteiger partial charge < -0.3 is 19.6 Å². The van der Waals surface area contributed by atoms with Crippen molar-refractivity contribution in [3.8, 4) is 0 Å². The van der Waals surface area contributed by atoms with Crippen LogP contribution in [0.4, 0.5) is 11.8 Å². The second kappa shape index (κ2) is 6.34. The van der Waals surface area contributed by atoms with Gasteiger partial charge in [0.2, 0.25) is 5.95 Å². The van der Waals surface area contributed by atoms with Gasteiger partial charge in [-0.1, -0.05) is 11.6 Å². The molecule has 3 rings (SSSR count). The summed E-state index contributed by atoms with van der Waals surface area (Å²) < 4.78 is 5.45. The average Bonchev–Trinajstić information content (AvgIpc) is 2.48. The topological polar surface area (TPSA) is 61.7 Å². The predicted octanol–water partition coefficient (Wildman–Crippen LogP) is 1.32. The minimum Gasteiger partial charge on any atom is -0.393 e. The van der Waals surface area contributed by atoms with Gasteiger partial charge in [-0.2, -0.15) is 4.98 Å². The van der Waals surface area contributed by atoms with Crippen LogP contribution in [0.25, 0.3) is 0 Å². The molecule has 3 heterocycles. The number of aliphatic hydroxyl groups is 1. The molecule has 0 spiro atoms. The summed E-state index contributed by atoms with van der Waals surface area (Å²) in [4.78, 5) is 13.3. The van der Waals surface area contributed by atoms with Crippen molar-refractivity contribution in [2.24, 2.45) is 0 Å². The van der Waals surface area contributed by atoms with Crippen LogP contribution in [0.2, 0.25) is 5.15 Å². The van der Waals surface area contributed by atoms with E-state index in [9.17, 15) is 5.11 Å². The van der Waals surface area contributed by atoms with Gasteiger partial charge in [-0.05, 0) is 19.8 Å². The fraction of sp³-hybridized carbons (Fsp3) is 0.714. The summed E-state index contributed by atoms with van der Waals surface area (Å²) in [6.45, 7) is 5.84. The van der Waals surface area contributed by atoms with Gasteiger partial charge in [0, 0.05) is 25.7 Å². The Bertz CT molecular complexity index is 494. The molecule has 0 unspecified atom stereocenters. The highest BCUT2D eigenvalue weighted by molar-refractivity contribution is 6.29. The van der Waals surface area contributed by atoms with Gasteiger partial charge in [-0.15, -0.1) is 0 Å². The number of nitrogens with zero attached hydrogens (tertiary/aromatic N) is 4. The van der Waals surface area contributed by atoms with E-state index in [-0.39, 0.29) is 12.1 Å². The highest BCUT2D eigenvalue weighted by atomic mass is 35.5. The molecule has 6 nitrogen and oxygen atoms in total. The van der Waals surface area contributed by atoms with Crippen LogP contribution >= 0.6 is 11.6 Å². The lowest BCUT2D eigenvalue weighted by molar-refractivity contribution is 0.0981. The van der Waals surface area contributed by atoms with Crippen LogP contribution in [-0.2, 0) is 4.74 Å². The zero-order chi connectivity index (χ0) is 14.8. The number of hydrogen-bond acceptors (Lipinski definition) is 6. The molecule has 7 heteroatoms. The minimum absolute atomic E-state index is 0.197. The Balaban J connectivity index is 1.82. The number of hydrogen-bond donors (Lipinski definition) is 1. The Morgan fingerprint density at radius 1 is 1.29 bits per heavy atom. The molecule has 0 amide bonds. The van der Waals surface area contributed by atoms with Crippen molar-refractivity contribution in [1.29, 1.82) is 0 Å². The molecule has 2 fully saturated rings. The summed E-state index contributed by atoms with van der Waals surface area (Å²) in [6.07, 6.45) is 1.34. The van der Waals surface area contributed by atoms with Crippen molar-refractivity contribution >= 4 is 23.4 Å². The third-order valence-corrected chi connectivity index (χ3v) is 4.28. The molecule has 116 valence electrons. The smallest absolute Gasteiger partial charge is 0.229 e. The molecule has 1 N–H and O–H groups in total. The molecule has 2 saturated heterocycles. The van der Waals surface area contributed by atoms with Crippen LogP contribution in [-0.4, -0.2) is 60.1 Å². The van der Waals surface area contributed by atoms with Crippen molar-refractivity contribution in [2.45, 2.75) is 31.9 Å². The van der Waals surface area contributed by atoms with Gasteiger partial charge >= 0.3 is 0 Å². The van der Waals surface area contributed by atoms with Gasteiger partial charge in [0.15, 0.2) is 0 Å². The quantitative estimate of drug-likeness (QED) is 0.831. The van der Waals surface area contributed by atoms with Crippen LogP contribution in [0, 0.1) is 0 Å². The Labute approximate surface area is 129 Å². The Morgan fingerprint density at radius 3 is 2.76 bits per heavy atom. The first-order valence-electron chi connectivity index (χ1n) is 7.45. The first kappa shape index (κ1) is 14.8.